The standard InChI is InChI=1S/C50H78N8O5/c1-37(2)53-49(61)43-13-23-57(24-14-43)35-39-5-9-41(10-6-39)47(59)33-51-21-31-55-27-17-45(18-28-55)63-46-19-29-56(30-20-46)32-22-52-34-48(60)42-11-7-40(8-12-42)36-58-25-15-44(16-26-58)50(62)54-38(3)4/h5-12,37-38,43-46,51-52H,13-36H2,1-4H3,(H,53,61)(H,54,62). The zero-order valence-corrected chi connectivity index (χ0v) is 38.9. The van der Waals surface area contributed by atoms with Crippen LogP contribution in [0.1, 0.15) is 111 Å². The van der Waals surface area contributed by atoms with Crippen molar-refractivity contribution in [1.82, 2.24) is 40.9 Å². The number of carbonyl (C=O) groups is 4. The third-order valence-corrected chi connectivity index (χ3v) is 13.4. The fourth-order valence-electron chi connectivity index (χ4n) is 9.51. The van der Waals surface area contributed by atoms with Gasteiger partial charge in [-0.05, 0) is 116 Å². The fourth-order valence-corrected chi connectivity index (χ4v) is 9.51. The monoisotopic (exact) mass is 871 g/mol. The molecule has 0 aliphatic carbocycles. The number of nitrogens with zero attached hydrogens (tertiary/aromatic N) is 4. The Morgan fingerprint density at radius 3 is 1.17 bits per heavy atom. The predicted molar refractivity (Wildman–Crippen MR) is 250 cm³/mol. The van der Waals surface area contributed by atoms with Crippen LogP contribution in [-0.4, -0.2) is 159 Å². The van der Waals surface area contributed by atoms with Gasteiger partial charge in [-0.2, -0.15) is 0 Å². The molecule has 4 aliphatic rings. The lowest BCUT2D eigenvalue weighted by Crippen LogP contribution is -2.44. The molecule has 4 saturated heterocycles. The van der Waals surface area contributed by atoms with Gasteiger partial charge in [0.1, 0.15) is 0 Å². The number of likely N-dealkylation sites (tertiary alicyclic amines) is 4. The molecular weight excluding hydrogens is 793 g/mol. The maximum atomic E-state index is 12.9. The largest absolute Gasteiger partial charge is 0.375 e. The SMILES string of the molecule is CC(C)NC(=O)C1CCN(Cc2ccc(C(=O)CNCCN3CCC(OC4CCN(CCNCC(=O)c5ccc(CN6CCC(C(=O)NC(C)C)CC6)cc5)CC4)CC3)cc2)CC1. The smallest absolute Gasteiger partial charge is 0.223 e. The van der Waals surface area contributed by atoms with Crippen molar-refractivity contribution < 1.29 is 23.9 Å². The van der Waals surface area contributed by atoms with Gasteiger partial charge in [-0.1, -0.05) is 48.5 Å². The van der Waals surface area contributed by atoms with Gasteiger partial charge in [-0.3, -0.25) is 29.0 Å². The molecule has 63 heavy (non-hydrogen) atoms. The number of piperidine rings is 4. The molecule has 4 heterocycles. The first-order valence-electron chi connectivity index (χ1n) is 24.3. The van der Waals surface area contributed by atoms with Crippen molar-refractivity contribution >= 4 is 23.4 Å². The molecule has 0 unspecified atom stereocenters. The summed E-state index contributed by atoms with van der Waals surface area (Å²) in [5, 5.41) is 12.8. The molecular formula is C50H78N8O5. The Kier molecular flexibility index (Phi) is 19.6. The lowest BCUT2D eigenvalue weighted by Gasteiger charge is -2.37. The zero-order chi connectivity index (χ0) is 44.6. The summed E-state index contributed by atoms with van der Waals surface area (Å²) >= 11 is 0. The summed E-state index contributed by atoms with van der Waals surface area (Å²) in [6.07, 6.45) is 8.42. The Bertz CT molecular complexity index is 1580. The van der Waals surface area contributed by atoms with E-state index in [0.29, 0.717) is 25.3 Å². The van der Waals surface area contributed by atoms with Gasteiger partial charge in [-0.15, -0.1) is 0 Å². The molecule has 2 aromatic carbocycles. The van der Waals surface area contributed by atoms with E-state index in [9.17, 15) is 19.2 Å². The number of amides is 2. The molecule has 0 aromatic heterocycles. The maximum Gasteiger partial charge on any atom is 0.223 e. The molecule has 2 amide bonds. The van der Waals surface area contributed by atoms with E-state index in [-0.39, 0.29) is 47.3 Å². The molecule has 0 atom stereocenters. The van der Waals surface area contributed by atoms with E-state index in [1.807, 2.05) is 52.0 Å². The van der Waals surface area contributed by atoms with Crippen molar-refractivity contribution in [3.63, 3.8) is 0 Å². The van der Waals surface area contributed by atoms with Crippen molar-refractivity contribution in [3.05, 3.63) is 70.8 Å². The van der Waals surface area contributed by atoms with Crippen LogP contribution in [0.25, 0.3) is 0 Å². The van der Waals surface area contributed by atoms with E-state index in [1.165, 1.54) is 11.1 Å². The summed E-state index contributed by atoms with van der Waals surface area (Å²) in [7, 11) is 0. The second-order valence-electron chi connectivity index (χ2n) is 19.2. The van der Waals surface area contributed by atoms with Crippen molar-refractivity contribution in [2.75, 3.05) is 91.6 Å². The average Bonchev–Trinajstić information content (AvgIpc) is 3.28. The number of ether oxygens (including phenoxy) is 1. The molecule has 13 nitrogen and oxygen atoms in total. The Balaban J connectivity index is 0.754. The van der Waals surface area contributed by atoms with Crippen LogP contribution in [0.2, 0.25) is 0 Å². The maximum absolute atomic E-state index is 12.9. The molecule has 0 bridgehead atoms. The molecule has 13 heteroatoms. The summed E-state index contributed by atoms with van der Waals surface area (Å²) in [5.41, 5.74) is 3.89. The number of nitrogens with one attached hydrogen (secondary N) is 4. The van der Waals surface area contributed by atoms with Crippen LogP contribution >= 0.6 is 0 Å². The minimum absolute atomic E-state index is 0.112. The second-order valence-corrected chi connectivity index (χ2v) is 19.2. The highest BCUT2D eigenvalue weighted by atomic mass is 16.5. The highest BCUT2D eigenvalue weighted by Gasteiger charge is 2.28. The number of benzene rings is 2. The van der Waals surface area contributed by atoms with E-state index in [4.69, 9.17) is 4.74 Å². The van der Waals surface area contributed by atoms with E-state index < -0.39 is 0 Å². The van der Waals surface area contributed by atoms with Crippen molar-refractivity contribution in [3.8, 4) is 0 Å². The summed E-state index contributed by atoms with van der Waals surface area (Å²) in [6.45, 7) is 21.6. The van der Waals surface area contributed by atoms with Gasteiger partial charge in [-0.25, -0.2) is 0 Å². The van der Waals surface area contributed by atoms with Gasteiger partial charge in [0.05, 0.1) is 25.3 Å². The normalized spacial score (nSPS) is 19.8. The van der Waals surface area contributed by atoms with Crippen LogP contribution in [0.3, 0.4) is 0 Å². The van der Waals surface area contributed by atoms with Gasteiger partial charge < -0.3 is 35.8 Å². The lowest BCUT2D eigenvalue weighted by molar-refractivity contribution is -0.127. The van der Waals surface area contributed by atoms with Crippen molar-refractivity contribution in [1.29, 1.82) is 0 Å². The first-order valence-corrected chi connectivity index (χ1v) is 24.3. The third kappa shape index (κ3) is 16.4. The van der Waals surface area contributed by atoms with Gasteiger partial charge in [0.2, 0.25) is 11.8 Å². The van der Waals surface area contributed by atoms with Crippen LogP contribution in [0.15, 0.2) is 48.5 Å². The second kappa shape index (κ2) is 25.2. The van der Waals surface area contributed by atoms with Crippen LogP contribution in [0.5, 0.6) is 0 Å². The highest BCUT2D eigenvalue weighted by molar-refractivity contribution is 5.98. The Hall–Kier alpha value is -3.56. The summed E-state index contributed by atoms with van der Waals surface area (Å²) in [4.78, 5) is 60.2. The first kappa shape index (κ1) is 48.9. The van der Waals surface area contributed by atoms with Gasteiger partial charge in [0.25, 0.3) is 0 Å². The predicted octanol–water partition coefficient (Wildman–Crippen LogP) is 4.35. The molecule has 0 saturated carbocycles. The number of hydrogen-bond acceptors (Lipinski definition) is 11. The molecule has 4 aliphatic heterocycles. The summed E-state index contributed by atoms with van der Waals surface area (Å²) in [5.74, 6) is 0.830. The number of rotatable bonds is 22. The van der Waals surface area contributed by atoms with Gasteiger partial charge in [0.15, 0.2) is 11.6 Å². The van der Waals surface area contributed by atoms with Gasteiger partial charge >= 0.3 is 0 Å². The average molecular weight is 871 g/mol. The molecule has 0 spiro atoms. The zero-order valence-electron chi connectivity index (χ0n) is 38.9. The Morgan fingerprint density at radius 1 is 0.508 bits per heavy atom. The van der Waals surface area contributed by atoms with Crippen LogP contribution in [0, 0.1) is 11.8 Å². The highest BCUT2D eigenvalue weighted by Crippen LogP contribution is 2.23. The summed E-state index contributed by atoms with van der Waals surface area (Å²) < 4.78 is 6.58. The lowest BCUT2D eigenvalue weighted by atomic mass is 9.95. The minimum Gasteiger partial charge on any atom is -0.375 e. The Morgan fingerprint density at radius 2 is 0.841 bits per heavy atom. The van der Waals surface area contributed by atoms with Crippen LogP contribution in [-0.2, 0) is 27.4 Å². The van der Waals surface area contributed by atoms with Crippen LogP contribution < -0.4 is 21.3 Å². The van der Waals surface area contributed by atoms with E-state index in [2.05, 4.69) is 65.1 Å². The fraction of sp³-hybridized carbons (Fsp3) is 0.680. The minimum atomic E-state index is 0.112. The van der Waals surface area contributed by atoms with E-state index in [1.54, 1.807) is 0 Å². The van der Waals surface area contributed by atoms with Crippen molar-refractivity contribution in [2.45, 2.75) is 116 Å². The topological polar surface area (TPSA) is 139 Å². The molecule has 4 N–H and O–H groups in total. The first-order chi connectivity index (χ1) is 30.5. The molecule has 2 aromatic rings. The number of carbonyl (C=O) groups excluding carboxylic acids is 4. The van der Waals surface area contributed by atoms with E-state index in [0.717, 1.165) is 154 Å². The summed E-state index contributed by atoms with van der Waals surface area (Å²) in [6, 6.07) is 16.4. The number of Topliss-reactive ketones (excluding diaryl/α,β-unsaturated/α-hetero) is 2. The third-order valence-electron chi connectivity index (χ3n) is 13.4. The van der Waals surface area contributed by atoms with E-state index >= 15 is 0 Å². The number of ketones is 2. The van der Waals surface area contributed by atoms with Crippen molar-refractivity contribution in [2.24, 2.45) is 11.8 Å². The Labute approximate surface area is 377 Å². The van der Waals surface area contributed by atoms with Crippen LogP contribution in [0.4, 0.5) is 0 Å². The molecule has 0 radical (unpaired) electrons. The number of hydrogen-bond donors (Lipinski definition) is 4. The molecule has 6 rings (SSSR count). The van der Waals surface area contributed by atoms with Gasteiger partial charge in [0, 0.05) is 100 Å². The molecule has 4 fully saturated rings. The molecule has 348 valence electrons. The quantitative estimate of drug-likeness (QED) is 0.0994.